The fourth-order valence-electron chi connectivity index (χ4n) is 1.64. The standard InChI is InChI=1S/C13H14FN3/c1-2-15-8-10-3-4-11(14)7-12(10)13-9-16-5-6-17-13/h3-7,9,15H,2,8H2,1H3. The molecule has 0 spiro atoms. The lowest BCUT2D eigenvalue weighted by Gasteiger charge is -2.09. The Morgan fingerprint density at radius 3 is 2.88 bits per heavy atom. The smallest absolute Gasteiger partial charge is 0.123 e. The van der Waals surface area contributed by atoms with Crippen LogP contribution in [0, 0.1) is 5.82 Å². The maximum atomic E-state index is 13.3. The summed E-state index contributed by atoms with van der Waals surface area (Å²) in [5.74, 6) is -0.258. The molecule has 3 nitrogen and oxygen atoms in total. The molecule has 0 aliphatic rings. The Kier molecular flexibility index (Phi) is 3.77. The lowest BCUT2D eigenvalue weighted by atomic mass is 10.0. The first-order chi connectivity index (χ1) is 8.31. The van der Waals surface area contributed by atoms with Crippen molar-refractivity contribution in [3.05, 3.63) is 48.2 Å². The topological polar surface area (TPSA) is 37.8 Å². The number of rotatable bonds is 4. The third-order valence-corrected chi connectivity index (χ3v) is 2.48. The summed E-state index contributed by atoms with van der Waals surface area (Å²) >= 11 is 0. The summed E-state index contributed by atoms with van der Waals surface area (Å²) in [6.45, 7) is 3.60. The molecule has 1 N–H and O–H groups in total. The van der Waals surface area contributed by atoms with Crippen molar-refractivity contribution in [2.24, 2.45) is 0 Å². The largest absolute Gasteiger partial charge is 0.313 e. The van der Waals surface area contributed by atoms with Gasteiger partial charge in [-0.25, -0.2) is 4.39 Å². The number of aromatic nitrogens is 2. The number of benzene rings is 1. The monoisotopic (exact) mass is 231 g/mol. The van der Waals surface area contributed by atoms with Crippen LogP contribution in [0.3, 0.4) is 0 Å². The van der Waals surface area contributed by atoms with Gasteiger partial charge in [-0.05, 0) is 24.2 Å². The van der Waals surface area contributed by atoms with Crippen LogP contribution in [0.1, 0.15) is 12.5 Å². The highest BCUT2D eigenvalue weighted by Crippen LogP contribution is 2.22. The van der Waals surface area contributed by atoms with Crippen LogP contribution >= 0.6 is 0 Å². The Morgan fingerprint density at radius 1 is 1.29 bits per heavy atom. The Balaban J connectivity index is 2.40. The minimum Gasteiger partial charge on any atom is -0.313 e. The maximum absolute atomic E-state index is 13.3. The Hall–Kier alpha value is -1.81. The van der Waals surface area contributed by atoms with Crippen molar-refractivity contribution in [2.75, 3.05) is 6.54 Å². The summed E-state index contributed by atoms with van der Waals surface area (Å²) < 4.78 is 13.3. The van der Waals surface area contributed by atoms with Crippen molar-refractivity contribution in [1.29, 1.82) is 0 Å². The van der Waals surface area contributed by atoms with Crippen molar-refractivity contribution in [2.45, 2.75) is 13.5 Å². The van der Waals surface area contributed by atoms with Crippen LogP contribution in [0.2, 0.25) is 0 Å². The molecule has 0 amide bonds. The first kappa shape index (κ1) is 11.7. The minimum atomic E-state index is -0.258. The van der Waals surface area contributed by atoms with E-state index in [-0.39, 0.29) is 5.82 Å². The van der Waals surface area contributed by atoms with Gasteiger partial charge in [-0.3, -0.25) is 9.97 Å². The Morgan fingerprint density at radius 2 is 2.18 bits per heavy atom. The van der Waals surface area contributed by atoms with Crippen LogP contribution in [0.15, 0.2) is 36.8 Å². The second-order valence-corrected chi connectivity index (χ2v) is 3.67. The Bertz CT molecular complexity index is 485. The van der Waals surface area contributed by atoms with Crippen LogP contribution in [0.5, 0.6) is 0 Å². The number of nitrogens with one attached hydrogen (secondary N) is 1. The van der Waals surface area contributed by atoms with E-state index in [2.05, 4.69) is 15.3 Å². The highest BCUT2D eigenvalue weighted by atomic mass is 19.1. The van der Waals surface area contributed by atoms with E-state index in [1.165, 1.54) is 12.1 Å². The quantitative estimate of drug-likeness (QED) is 0.878. The van der Waals surface area contributed by atoms with Crippen LogP contribution in [0.25, 0.3) is 11.3 Å². The molecular formula is C13H14FN3. The van der Waals surface area contributed by atoms with Gasteiger partial charge in [0, 0.05) is 24.5 Å². The average molecular weight is 231 g/mol. The normalized spacial score (nSPS) is 10.5. The van der Waals surface area contributed by atoms with Gasteiger partial charge in [0.1, 0.15) is 5.82 Å². The van der Waals surface area contributed by atoms with E-state index in [1.807, 2.05) is 6.92 Å². The van der Waals surface area contributed by atoms with Gasteiger partial charge in [-0.1, -0.05) is 13.0 Å². The highest BCUT2D eigenvalue weighted by molar-refractivity contribution is 5.62. The predicted molar refractivity (Wildman–Crippen MR) is 64.8 cm³/mol. The summed E-state index contributed by atoms with van der Waals surface area (Å²) in [4.78, 5) is 8.21. The van der Waals surface area contributed by atoms with Gasteiger partial charge >= 0.3 is 0 Å². The number of hydrogen-bond acceptors (Lipinski definition) is 3. The molecular weight excluding hydrogens is 217 g/mol. The van der Waals surface area contributed by atoms with Gasteiger partial charge in [0.15, 0.2) is 0 Å². The minimum absolute atomic E-state index is 0.258. The van der Waals surface area contributed by atoms with Crippen molar-refractivity contribution in [1.82, 2.24) is 15.3 Å². The lowest BCUT2D eigenvalue weighted by molar-refractivity contribution is 0.626. The summed E-state index contributed by atoms with van der Waals surface area (Å²) in [6.07, 6.45) is 4.86. The number of hydrogen-bond donors (Lipinski definition) is 1. The Labute approximate surface area is 99.7 Å². The zero-order valence-electron chi connectivity index (χ0n) is 9.65. The second-order valence-electron chi connectivity index (χ2n) is 3.67. The van der Waals surface area contributed by atoms with E-state index in [0.29, 0.717) is 12.2 Å². The lowest BCUT2D eigenvalue weighted by Crippen LogP contribution is -2.12. The van der Waals surface area contributed by atoms with Gasteiger partial charge in [0.05, 0.1) is 11.9 Å². The van der Waals surface area contributed by atoms with Gasteiger partial charge in [-0.2, -0.15) is 0 Å². The molecule has 0 radical (unpaired) electrons. The summed E-state index contributed by atoms with van der Waals surface area (Å²) in [7, 11) is 0. The molecule has 0 saturated carbocycles. The van der Waals surface area contributed by atoms with E-state index in [4.69, 9.17) is 0 Å². The predicted octanol–water partition coefficient (Wildman–Crippen LogP) is 2.39. The van der Waals surface area contributed by atoms with Gasteiger partial charge < -0.3 is 5.32 Å². The van der Waals surface area contributed by atoms with Crippen LogP contribution in [0.4, 0.5) is 4.39 Å². The molecule has 1 heterocycles. The van der Waals surface area contributed by atoms with Crippen molar-refractivity contribution >= 4 is 0 Å². The zero-order valence-corrected chi connectivity index (χ0v) is 9.65. The number of halogens is 1. The van der Waals surface area contributed by atoms with Crippen LogP contribution in [-0.4, -0.2) is 16.5 Å². The number of nitrogens with zero attached hydrogens (tertiary/aromatic N) is 2. The fourth-order valence-corrected chi connectivity index (χ4v) is 1.64. The van der Waals surface area contributed by atoms with Gasteiger partial charge in [0.25, 0.3) is 0 Å². The molecule has 1 aromatic carbocycles. The van der Waals surface area contributed by atoms with Crippen LogP contribution in [-0.2, 0) is 6.54 Å². The first-order valence-electron chi connectivity index (χ1n) is 5.56. The van der Waals surface area contributed by atoms with Crippen molar-refractivity contribution < 1.29 is 4.39 Å². The van der Waals surface area contributed by atoms with Crippen molar-refractivity contribution in [3.63, 3.8) is 0 Å². The third kappa shape index (κ3) is 2.85. The molecule has 2 aromatic rings. The summed E-state index contributed by atoms with van der Waals surface area (Å²) in [5, 5.41) is 3.22. The molecule has 0 unspecified atom stereocenters. The van der Waals surface area contributed by atoms with E-state index in [1.54, 1.807) is 24.7 Å². The van der Waals surface area contributed by atoms with E-state index < -0.39 is 0 Å². The second kappa shape index (κ2) is 5.50. The van der Waals surface area contributed by atoms with E-state index in [9.17, 15) is 4.39 Å². The average Bonchev–Trinajstić information content (AvgIpc) is 2.38. The molecule has 0 aliphatic carbocycles. The summed E-state index contributed by atoms with van der Waals surface area (Å²) in [5.41, 5.74) is 2.51. The van der Waals surface area contributed by atoms with E-state index in [0.717, 1.165) is 17.7 Å². The molecule has 4 heteroatoms. The van der Waals surface area contributed by atoms with Crippen LogP contribution < -0.4 is 5.32 Å². The highest BCUT2D eigenvalue weighted by Gasteiger charge is 2.07. The summed E-state index contributed by atoms with van der Waals surface area (Å²) in [6, 6.07) is 4.74. The molecule has 17 heavy (non-hydrogen) atoms. The molecule has 2 rings (SSSR count). The first-order valence-corrected chi connectivity index (χ1v) is 5.56. The molecule has 0 atom stereocenters. The fraction of sp³-hybridized carbons (Fsp3) is 0.231. The van der Waals surface area contributed by atoms with Gasteiger partial charge in [-0.15, -0.1) is 0 Å². The zero-order chi connectivity index (χ0) is 12.1. The molecule has 88 valence electrons. The van der Waals surface area contributed by atoms with E-state index >= 15 is 0 Å². The third-order valence-electron chi connectivity index (χ3n) is 2.48. The van der Waals surface area contributed by atoms with Gasteiger partial charge in [0.2, 0.25) is 0 Å². The molecule has 0 saturated heterocycles. The molecule has 0 fully saturated rings. The maximum Gasteiger partial charge on any atom is 0.123 e. The molecule has 1 aromatic heterocycles. The SMILES string of the molecule is CCNCc1ccc(F)cc1-c1cnccn1. The molecule has 0 aliphatic heterocycles. The van der Waals surface area contributed by atoms with Crippen molar-refractivity contribution in [3.8, 4) is 11.3 Å². The molecule has 0 bridgehead atoms.